The van der Waals surface area contributed by atoms with Gasteiger partial charge in [-0.2, -0.15) is 0 Å². The van der Waals surface area contributed by atoms with Crippen LogP contribution in [0, 0.1) is 27.7 Å². The molecule has 0 spiro atoms. The van der Waals surface area contributed by atoms with E-state index in [2.05, 4.69) is 0 Å². The van der Waals surface area contributed by atoms with Gasteiger partial charge in [0.15, 0.2) is 0 Å². The van der Waals surface area contributed by atoms with Crippen LogP contribution in [0.2, 0.25) is 0 Å². The molecule has 1 rings (SSSR count). The average molecular weight is 278 g/mol. The van der Waals surface area contributed by atoms with Gasteiger partial charge in [0, 0.05) is 12.8 Å². The second-order valence-corrected chi connectivity index (χ2v) is 4.81. The fourth-order valence-electron chi connectivity index (χ4n) is 1.92. The number of carbonyl (C=O) groups excluding carboxylic acids is 2. The van der Waals surface area contributed by atoms with Crippen LogP contribution in [0.5, 0.6) is 11.5 Å². The first-order chi connectivity index (χ1) is 9.33. The third-order valence-corrected chi connectivity index (χ3v) is 3.50. The first-order valence-electron chi connectivity index (χ1n) is 6.85. The van der Waals surface area contributed by atoms with Gasteiger partial charge in [0.25, 0.3) is 0 Å². The summed E-state index contributed by atoms with van der Waals surface area (Å²) in [6, 6.07) is 0. The molecule has 0 radical (unpaired) electrons. The minimum Gasteiger partial charge on any atom is -0.426 e. The lowest BCUT2D eigenvalue weighted by atomic mass is 9.98. The third-order valence-electron chi connectivity index (χ3n) is 3.50. The summed E-state index contributed by atoms with van der Waals surface area (Å²) in [7, 11) is 0. The van der Waals surface area contributed by atoms with Gasteiger partial charge in [0.2, 0.25) is 0 Å². The van der Waals surface area contributed by atoms with Gasteiger partial charge < -0.3 is 9.47 Å². The molecule has 0 amide bonds. The van der Waals surface area contributed by atoms with Crippen LogP contribution in [-0.2, 0) is 9.59 Å². The number of benzene rings is 1. The van der Waals surface area contributed by atoms with Crippen LogP contribution in [0.25, 0.3) is 0 Å². The Hall–Kier alpha value is -1.84. The number of esters is 2. The Kier molecular flexibility index (Phi) is 5.31. The maximum absolute atomic E-state index is 11.5. The number of hydrogen-bond donors (Lipinski definition) is 0. The molecule has 1 aromatic rings. The van der Waals surface area contributed by atoms with Gasteiger partial charge in [0.05, 0.1) is 0 Å². The van der Waals surface area contributed by atoms with Crippen molar-refractivity contribution in [1.82, 2.24) is 0 Å². The highest BCUT2D eigenvalue weighted by Gasteiger charge is 2.20. The Labute approximate surface area is 120 Å². The molecule has 0 aromatic heterocycles. The summed E-state index contributed by atoms with van der Waals surface area (Å²) in [5.41, 5.74) is 3.31. The van der Waals surface area contributed by atoms with E-state index in [4.69, 9.17) is 9.47 Å². The van der Waals surface area contributed by atoms with Crippen LogP contribution in [0.15, 0.2) is 0 Å². The minimum absolute atomic E-state index is 0.270. The summed E-state index contributed by atoms with van der Waals surface area (Å²) in [6.45, 7) is 11.0. The molecule has 0 heterocycles. The van der Waals surface area contributed by atoms with Gasteiger partial charge in [-0.1, -0.05) is 13.8 Å². The van der Waals surface area contributed by atoms with Crippen molar-refractivity contribution in [3.05, 3.63) is 22.3 Å². The van der Waals surface area contributed by atoms with Crippen LogP contribution in [-0.4, -0.2) is 11.9 Å². The second kappa shape index (κ2) is 6.55. The van der Waals surface area contributed by atoms with Crippen molar-refractivity contribution in [3.8, 4) is 11.5 Å². The molecule has 0 bridgehead atoms. The van der Waals surface area contributed by atoms with E-state index in [-0.39, 0.29) is 11.9 Å². The number of rotatable bonds is 4. The Balaban J connectivity index is 3.33. The van der Waals surface area contributed by atoms with Crippen molar-refractivity contribution in [2.24, 2.45) is 0 Å². The molecule has 0 saturated carbocycles. The molecular weight excluding hydrogens is 256 g/mol. The normalized spacial score (nSPS) is 10.3. The van der Waals surface area contributed by atoms with Crippen molar-refractivity contribution < 1.29 is 19.1 Å². The fourth-order valence-corrected chi connectivity index (χ4v) is 1.92. The summed E-state index contributed by atoms with van der Waals surface area (Å²) in [5.74, 6) is 0.605. The van der Waals surface area contributed by atoms with Crippen molar-refractivity contribution in [1.29, 1.82) is 0 Å². The van der Waals surface area contributed by atoms with E-state index in [0.29, 0.717) is 24.3 Å². The predicted octanol–water partition coefficient (Wildman–Crippen LogP) is 3.55. The van der Waals surface area contributed by atoms with Gasteiger partial charge in [0.1, 0.15) is 11.5 Å². The molecule has 0 unspecified atom stereocenters. The average Bonchev–Trinajstić information content (AvgIpc) is 2.45. The Bertz CT molecular complexity index is 466. The quantitative estimate of drug-likeness (QED) is 0.624. The van der Waals surface area contributed by atoms with Crippen LogP contribution < -0.4 is 9.47 Å². The summed E-state index contributed by atoms with van der Waals surface area (Å²) in [6.07, 6.45) is 0.646. The summed E-state index contributed by atoms with van der Waals surface area (Å²) >= 11 is 0. The van der Waals surface area contributed by atoms with E-state index >= 15 is 0 Å². The zero-order valence-corrected chi connectivity index (χ0v) is 13.0. The molecule has 20 heavy (non-hydrogen) atoms. The Morgan fingerprint density at radius 1 is 0.700 bits per heavy atom. The molecule has 4 heteroatoms. The van der Waals surface area contributed by atoms with Crippen LogP contribution in [0.1, 0.15) is 48.9 Å². The monoisotopic (exact) mass is 278 g/mol. The number of ether oxygens (including phenoxy) is 2. The van der Waals surface area contributed by atoms with E-state index in [1.165, 1.54) is 0 Å². The minimum atomic E-state index is -0.270. The van der Waals surface area contributed by atoms with E-state index < -0.39 is 0 Å². The van der Waals surface area contributed by atoms with Crippen LogP contribution in [0.4, 0.5) is 0 Å². The molecule has 0 fully saturated rings. The Morgan fingerprint density at radius 3 is 1.15 bits per heavy atom. The van der Waals surface area contributed by atoms with Crippen molar-refractivity contribution in [2.45, 2.75) is 54.4 Å². The summed E-state index contributed by atoms with van der Waals surface area (Å²) in [4.78, 5) is 23.0. The highest BCUT2D eigenvalue weighted by Crippen LogP contribution is 2.37. The second-order valence-electron chi connectivity index (χ2n) is 4.81. The van der Waals surface area contributed by atoms with Crippen molar-refractivity contribution in [2.75, 3.05) is 0 Å². The van der Waals surface area contributed by atoms with Gasteiger partial charge in [-0.3, -0.25) is 9.59 Å². The predicted molar refractivity (Wildman–Crippen MR) is 77.2 cm³/mol. The first kappa shape index (κ1) is 16.2. The van der Waals surface area contributed by atoms with Crippen molar-refractivity contribution >= 4 is 11.9 Å². The molecule has 0 aliphatic carbocycles. The van der Waals surface area contributed by atoms with E-state index in [9.17, 15) is 9.59 Å². The van der Waals surface area contributed by atoms with Crippen LogP contribution >= 0.6 is 0 Å². The summed E-state index contributed by atoms with van der Waals surface area (Å²) in [5, 5.41) is 0. The maximum atomic E-state index is 11.5. The van der Waals surface area contributed by atoms with E-state index in [1.54, 1.807) is 13.8 Å². The topological polar surface area (TPSA) is 52.6 Å². The molecular formula is C16H22O4. The lowest BCUT2D eigenvalue weighted by Gasteiger charge is -2.19. The summed E-state index contributed by atoms with van der Waals surface area (Å²) < 4.78 is 10.8. The highest BCUT2D eigenvalue weighted by atomic mass is 16.5. The smallest absolute Gasteiger partial charge is 0.310 e. The van der Waals surface area contributed by atoms with E-state index in [1.807, 2.05) is 27.7 Å². The largest absolute Gasteiger partial charge is 0.426 e. The molecule has 110 valence electrons. The highest BCUT2D eigenvalue weighted by molar-refractivity contribution is 5.76. The first-order valence-corrected chi connectivity index (χ1v) is 6.85. The lowest BCUT2D eigenvalue weighted by Crippen LogP contribution is -2.13. The standard InChI is InChI=1S/C16H22O4/c1-7-13(17)19-15-9(3)11(5)16(12(6)10(15)4)20-14(18)8-2/h7-8H2,1-6H3. The van der Waals surface area contributed by atoms with Gasteiger partial charge in [-0.05, 0) is 49.9 Å². The molecule has 4 nitrogen and oxygen atoms in total. The van der Waals surface area contributed by atoms with Crippen molar-refractivity contribution in [3.63, 3.8) is 0 Å². The van der Waals surface area contributed by atoms with E-state index in [0.717, 1.165) is 22.3 Å². The lowest BCUT2D eigenvalue weighted by molar-refractivity contribution is -0.135. The molecule has 1 aromatic carbocycles. The molecule has 0 aliphatic heterocycles. The number of hydrogen-bond acceptors (Lipinski definition) is 4. The third kappa shape index (κ3) is 3.18. The van der Waals surface area contributed by atoms with Gasteiger partial charge in [-0.15, -0.1) is 0 Å². The maximum Gasteiger partial charge on any atom is 0.310 e. The SMILES string of the molecule is CCC(=O)Oc1c(C)c(C)c(OC(=O)CC)c(C)c1C. The molecule has 0 saturated heterocycles. The molecule has 0 N–H and O–H groups in total. The molecule has 0 atom stereocenters. The Morgan fingerprint density at radius 2 is 0.950 bits per heavy atom. The van der Waals surface area contributed by atoms with Gasteiger partial charge in [-0.25, -0.2) is 0 Å². The zero-order valence-electron chi connectivity index (χ0n) is 13.0. The number of carbonyl (C=O) groups is 2. The van der Waals surface area contributed by atoms with Crippen LogP contribution in [0.3, 0.4) is 0 Å². The molecule has 0 aliphatic rings. The fraction of sp³-hybridized carbons (Fsp3) is 0.500. The van der Waals surface area contributed by atoms with Gasteiger partial charge >= 0.3 is 11.9 Å². The zero-order chi connectivity index (χ0) is 15.4.